The standard InChI is InChI=1S/C10H13NO3/c1-2-13-8-4-3-7(12)9-6(11)5-14-10(8)9/h3-4,6,12H,2,5,11H2,1H3/t6-/m1/s1. The Morgan fingerprint density at radius 2 is 2.43 bits per heavy atom. The van der Waals surface area contributed by atoms with Crippen LogP contribution >= 0.6 is 0 Å². The molecular weight excluding hydrogens is 182 g/mol. The van der Waals surface area contributed by atoms with Crippen LogP contribution in [0.1, 0.15) is 18.5 Å². The molecule has 1 aliphatic rings. The van der Waals surface area contributed by atoms with Crippen LogP contribution in [0, 0.1) is 0 Å². The topological polar surface area (TPSA) is 64.7 Å². The molecule has 1 heterocycles. The largest absolute Gasteiger partial charge is 0.507 e. The lowest BCUT2D eigenvalue weighted by Crippen LogP contribution is -2.10. The Kier molecular flexibility index (Phi) is 2.21. The number of ether oxygens (including phenoxy) is 2. The van der Waals surface area contributed by atoms with Crippen LogP contribution in [0.3, 0.4) is 0 Å². The number of nitrogens with two attached hydrogens (primary N) is 1. The van der Waals surface area contributed by atoms with Crippen molar-refractivity contribution in [1.29, 1.82) is 0 Å². The van der Waals surface area contributed by atoms with Crippen molar-refractivity contribution in [2.45, 2.75) is 13.0 Å². The van der Waals surface area contributed by atoms with Crippen LogP contribution in [0.2, 0.25) is 0 Å². The molecule has 1 aromatic rings. The zero-order chi connectivity index (χ0) is 10.1. The first-order valence-corrected chi connectivity index (χ1v) is 4.61. The molecule has 3 N–H and O–H groups in total. The van der Waals surface area contributed by atoms with E-state index in [1.54, 1.807) is 12.1 Å². The van der Waals surface area contributed by atoms with E-state index in [9.17, 15) is 5.11 Å². The lowest BCUT2D eigenvalue weighted by Gasteiger charge is -2.09. The predicted octanol–water partition coefficient (Wildman–Crippen LogP) is 1.18. The molecule has 0 spiro atoms. The van der Waals surface area contributed by atoms with Crippen LogP contribution in [0.5, 0.6) is 17.2 Å². The van der Waals surface area contributed by atoms with Gasteiger partial charge in [-0.25, -0.2) is 0 Å². The second-order valence-corrected chi connectivity index (χ2v) is 3.18. The first-order valence-electron chi connectivity index (χ1n) is 4.61. The molecule has 14 heavy (non-hydrogen) atoms. The first kappa shape index (κ1) is 9.15. The Morgan fingerprint density at radius 1 is 1.64 bits per heavy atom. The van der Waals surface area contributed by atoms with Crippen molar-refractivity contribution in [3.63, 3.8) is 0 Å². The Morgan fingerprint density at radius 3 is 3.14 bits per heavy atom. The fourth-order valence-corrected chi connectivity index (χ4v) is 1.60. The molecule has 0 saturated heterocycles. The molecule has 4 nitrogen and oxygen atoms in total. The normalized spacial score (nSPS) is 18.9. The van der Waals surface area contributed by atoms with E-state index in [4.69, 9.17) is 15.2 Å². The summed E-state index contributed by atoms with van der Waals surface area (Å²) in [5.74, 6) is 1.40. The summed E-state index contributed by atoms with van der Waals surface area (Å²) in [6, 6.07) is 3.01. The molecule has 1 aromatic carbocycles. The van der Waals surface area contributed by atoms with Gasteiger partial charge in [-0.3, -0.25) is 0 Å². The number of fused-ring (bicyclic) bond motifs is 1. The maximum Gasteiger partial charge on any atom is 0.169 e. The van der Waals surface area contributed by atoms with E-state index in [2.05, 4.69) is 0 Å². The number of rotatable bonds is 2. The number of aromatic hydroxyl groups is 1. The summed E-state index contributed by atoms with van der Waals surface area (Å²) >= 11 is 0. The van der Waals surface area contributed by atoms with Crippen LogP contribution in [-0.2, 0) is 0 Å². The van der Waals surface area contributed by atoms with E-state index in [0.29, 0.717) is 30.3 Å². The van der Waals surface area contributed by atoms with Crippen molar-refractivity contribution in [1.82, 2.24) is 0 Å². The molecule has 0 aliphatic carbocycles. The molecule has 0 saturated carbocycles. The predicted molar refractivity (Wildman–Crippen MR) is 51.7 cm³/mol. The van der Waals surface area contributed by atoms with Gasteiger partial charge >= 0.3 is 0 Å². The van der Waals surface area contributed by atoms with Crippen LogP contribution < -0.4 is 15.2 Å². The summed E-state index contributed by atoms with van der Waals surface area (Å²) in [5.41, 5.74) is 6.42. The lowest BCUT2D eigenvalue weighted by atomic mass is 10.1. The minimum atomic E-state index is -0.259. The highest BCUT2D eigenvalue weighted by Crippen LogP contribution is 2.44. The van der Waals surface area contributed by atoms with Crippen molar-refractivity contribution in [3.8, 4) is 17.2 Å². The fraction of sp³-hybridized carbons (Fsp3) is 0.400. The van der Waals surface area contributed by atoms with E-state index in [0.717, 1.165) is 0 Å². The third-order valence-corrected chi connectivity index (χ3v) is 2.21. The third-order valence-electron chi connectivity index (χ3n) is 2.21. The van der Waals surface area contributed by atoms with Gasteiger partial charge in [0.05, 0.1) is 18.2 Å². The Balaban J connectivity index is 2.47. The average molecular weight is 195 g/mol. The summed E-state index contributed by atoms with van der Waals surface area (Å²) in [5, 5.41) is 9.58. The van der Waals surface area contributed by atoms with Gasteiger partial charge in [-0.1, -0.05) is 0 Å². The van der Waals surface area contributed by atoms with Gasteiger partial charge in [0.25, 0.3) is 0 Å². The molecule has 2 rings (SSSR count). The highest BCUT2D eigenvalue weighted by Gasteiger charge is 2.27. The van der Waals surface area contributed by atoms with Crippen LogP contribution in [0.4, 0.5) is 0 Å². The van der Waals surface area contributed by atoms with Gasteiger partial charge in [0, 0.05) is 0 Å². The average Bonchev–Trinajstić information content (AvgIpc) is 2.54. The lowest BCUT2D eigenvalue weighted by molar-refractivity contribution is 0.290. The van der Waals surface area contributed by atoms with Gasteiger partial charge < -0.3 is 20.3 Å². The number of hydrogen-bond donors (Lipinski definition) is 2. The maximum atomic E-state index is 9.58. The monoisotopic (exact) mass is 195 g/mol. The Labute approximate surface area is 82.2 Å². The van der Waals surface area contributed by atoms with Gasteiger partial charge in [-0.2, -0.15) is 0 Å². The Bertz CT molecular complexity index is 351. The number of benzene rings is 1. The zero-order valence-electron chi connectivity index (χ0n) is 7.99. The number of phenols is 1. The molecule has 0 fully saturated rings. The summed E-state index contributed by atoms with van der Waals surface area (Å²) in [6.45, 7) is 2.86. The summed E-state index contributed by atoms with van der Waals surface area (Å²) in [4.78, 5) is 0. The van der Waals surface area contributed by atoms with Crippen LogP contribution in [0.15, 0.2) is 12.1 Å². The highest BCUT2D eigenvalue weighted by atomic mass is 16.5. The molecule has 76 valence electrons. The molecule has 0 radical (unpaired) electrons. The highest BCUT2D eigenvalue weighted by molar-refractivity contribution is 5.56. The number of phenolic OH excluding ortho intramolecular Hbond substituents is 1. The quantitative estimate of drug-likeness (QED) is 0.743. The van der Waals surface area contributed by atoms with Gasteiger partial charge in [0.15, 0.2) is 11.5 Å². The second-order valence-electron chi connectivity index (χ2n) is 3.18. The van der Waals surface area contributed by atoms with Crippen molar-refractivity contribution in [2.75, 3.05) is 13.2 Å². The second kappa shape index (κ2) is 3.38. The maximum absolute atomic E-state index is 9.58. The van der Waals surface area contributed by atoms with Crippen molar-refractivity contribution in [3.05, 3.63) is 17.7 Å². The summed E-state index contributed by atoms with van der Waals surface area (Å²) < 4.78 is 10.7. The van der Waals surface area contributed by atoms with Gasteiger partial charge in [0.1, 0.15) is 12.4 Å². The molecule has 0 bridgehead atoms. The first-order chi connectivity index (χ1) is 6.74. The van der Waals surface area contributed by atoms with E-state index in [1.807, 2.05) is 6.92 Å². The molecule has 1 atom stereocenters. The van der Waals surface area contributed by atoms with Gasteiger partial charge in [0.2, 0.25) is 0 Å². The van der Waals surface area contributed by atoms with Crippen LogP contribution in [0.25, 0.3) is 0 Å². The molecule has 0 aromatic heterocycles. The third kappa shape index (κ3) is 1.28. The van der Waals surface area contributed by atoms with Gasteiger partial charge in [-0.05, 0) is 19.1 Å². The smallest absolute Gasteiger partial charge is 0.169 e. The molecule has 1 aliphatic heterocycles. The molecule has 4 heteroatoms. The SMILES string of the molecule is CCOc1ccc(O)c2c1OC[C@H]2N. The minimum Gasteiger partial charge on any atom is -0.507 e. The van der Waals surface area contributed by atoms with E-state index >= 15 is 0 Å². The molecule has 0 amide bonds. The molecule has 0 unspecified atom stereocenters. The van der Waals surface area contributed by atoms with Gasteiger partial charge in [-0.15, -0.1) is 0 Å². The van der Waals surface area contributed by atoms with E-state index in [-0.39, 0.29) is 11.8 Å². The van der Waals surface area contributed by atoms with Crippen molar-refractivity contribution >= 4 is 0 Å². The van der Waals surface area contributed by atoms with E-state index in [1.165, 1.54) is 0 Å². The van der Waals surface area contributed by atoms with Crippen LogP contribution in [-0.4, -0.2) is 18.3 Å². The van der Waals surface area contributed by atoms with Crippen molar-refractivity contribution in [2.24, 2.45) is 5.73 Å². The zero-order valence-corrected chi connectivity index (χ0v) is 7.99. The Hall–Kier alpha value is -1.42. The van der Waals surface area contributed by atoms with Crippen molar-refractivity contribution < 1.29 is 14.6 Å². The molecular formula is C10H13NO3. The fourth-order valence-electron chi connectivity index (χ4n) is 1.60. The summed E-state index contributed by atoms with van der Waals surface area (Å²) in [7, 11) is 0. The summed E-state index contributed by atoms with van der Waals surface area (Å²) in [6.07, 6.45) is 0. The number of hydrogen-bond acceptors (Lipinski definition) is 4. The van der Waals surface area contributed by atoms with E-state index < -0.39 is 0 Å². The minimum absolute atomic E-state index is 0.174.